The molecule has 3 nitrogen and oxygen atoms in total. The first-order valence-corrected chi connectivity index (χ1v) is 5.66. The minimum Gasteiger partial charge on any atom is -0.444 e. The first-order chi connectivity index (χ1) is 6.31. The number of nitrogens with two attached hydrogens (primary N) is 1. The molecule has 0 aliphatic rings. The lowest BCUT2D eigenvalue weighted by Crippen LogP contribution is -2.27. The smallest absolute Gasteiger partial charge is 0.405 e. The Morgan fingerprint density at radius 1 is 1.57 bits per heavy atom. The van der Waals surface area contributed by atoms with Gasteiger partial charge in [0.25, 0.3) is 0 Å². The van der Waals surface area contributed by atoms with Crippen LogP contribution in [0.2, 0.25) is 0 Å². The fourth-order valence-electron chi connectivity index (χ4n) is 0.560. The maximum absolute atomic E-state index is 10.0. The van der Waals surface area contributed by atoms with Crippen LogP contribution in [0.4, 0.5) is 4.79 Å². The molecule has 0 saturated carbocycles. The Bertz CT molecular complexity index is 267. The van der Waals surface area contributed by atoms with Gasteiger partial charge in [0.05, 0.1) is 3.79 Å². The van der Waals surface area contributed by atoms with Crippen LogP contribution in [0.15, 0.2) is 21.3 Å². The van der Waals surface area contributed by atoms with Gasteiger partial charge in [-0.1, -0.05) is 6.07 Å². The van der Waals surface area contributed by atoms with Crippen LogP contribution in [0.1, 0.15) is 20.8 Å². The highest BCUT2D eigenvalue weighted by atomic mass is 79.9. The number of primary amides is 1. The number of carbonyl (C=O) groups is 1. The second-order valence-electron chi connectivity index (χ2n) is 3.45. The molecule has 0 bridgehead atoms. The van der Waals surface area contributed by atoms with Crippen molar-refractivity contribution in [1.29, 1.82) is 0 Å². The van der Waals surface area contributed by atoms with Gasteiger partial charge in [0.15, 0.2) is 0 Å². The molecule has 0 aromatic carbocycles. The molecular weight excluding hydrogens is 266 g/mol. The van der Waals surface area contributed by atoms with Gasteiger partial charge in [0, 0.05) is 0 Å². The Labute approximate surface area is 96.4 Å². The summed E-state index contributed by atoms with van der Waals surface area (Å²) in [6.45, 7) is 5.28. The highest BCUT2D eigenvalue weighted by Gasteiger charge is 2.12. The molecule has 2 N–H and O–H groups in total. The maximum atomic E-state index is 10.0. The van der Waals surface area contributed by atoms with Crippen molar-refractivity contribution in [3.05, 3.63) is 21.3 Å². The molecule has 1 heterocycles. The lowest BCUT2D eigenvalue weighted by molar-refractivity contribution is 0.0600. The number of amides is 1. The summed E-state index contributed by atoms with van der Waals surface area (Å²) in [5.41, 5.74) is 4.26. The van der Waals surface area contributed by atoms with Crippen LogP contribution in [0.3, 0.4) is 0 Å². The SMILES string of the molecule is Brc1cccs1.CC(C)(C)OC(N)=O. The van der Waals surface area contributed by atoms with E-state index in [1.54, 1.807) is 32.1 Å². The van der Waals surface area contributed by atoms with E-state index in [0.29, 0.717) is 0 Å². The van der Waals surface area contributed by atoms with Gasteiger partial charge in [0.2, 0.25) is 0 Å². The Morgan fingerprint density at radius 2 is 2.14 bits per heavy atom. The molecular formula is C9H14BrNO2S. The van der Waals surface area contributed by atoms with Crippen molar-refractivity contribution in [2.75, 3.05) is 0 Å². The largest absolute Gasteiger partial charge is 0.444 e. The van der Waals surface area contributed by atoms with Gasteiger partial charge >= 0.3 is 6.09 Å². The molecule has 80 valence electrons. The van der Waals surface area contributed by atoms with Crippen molar-refractivity contribution in [3.63, 3.8) is 0 Å². The van der Waals surface area contributed by atoms with Crippen LogP contribution >= 0.6 is 27.3 Å². The molecule has 0 aliphatic heterocycles. The molecule has 1 amide bonds. The summed E-state index contributed by atoms with van der Waals surface area (Å²) in [6, 6.07) is 4.03. The van der Waals surface area contributed by atoms with Gasteiger partial charge < -0.3 is 10.5 Å². The van der Waals surface area contributed by atoms with Crippen LogP contribution in [-0.4, -0.2) is 11.7 Å². The summed E-state index contributed by atoms with van der Waals surface area (Å²) in [7, 11) is 0. The third kappa shape index (κ3) is 9.54. The third-order valence-corrected chi connectivity index (χ3v) is 2.37. The van der Waals surface area contributed by atoms with E-state index >= 15 is 0 Å². The quantitative estimate of drug-likeness (QED) is 0.792. The predicted molar refractivity (Wildman–Crippen MR) is 62.4 cm³/mol. The van der Waals surface area contributed by atoms with Crippen molar-refractivity contribution in [3.8, 4) is 0 Å². The highest BCUT2D eigenvalue weighted by molar-refractivity contribution is 9.11. The number of hydrogen-bond acceptors (Lipinski definition) is 3. The fourth-order valence-corrected chi connectivity index (χ4v) is 1.48. The molecule has 0 spiro atoms. The van der Waals surface area contributed by atoms with E-state index < -0.39 is 11.7 Å². The maximum Gasteiger partial charge on any atom is 0.405 e. The summed E-state index contributed by atoms with van der Waals surface area (Å²) >= 11 is 4.99. The van der Waals surface area contributed by atoms with Gasteiger partial charge in [-0.2, -0.15) is 0 Å². The number of carbonyl (C=O) groups excluding carboxylic acids is 1. The lowest BCUT2D eigenvalue weighted by Gasteiger charge is -2.16. The highest BCUT2D eigenvalue weighted by Crippen LogP contribution is 2.14. The standard InChI is InChI=1S/C5H11NO2.C4H3BrS/c1-5(2,3)8-4(6)7;5-4-2-1-3-6-4/h1-3H3,(H2,6,7);1-3H. The summed E-state index contributed by atoms with van der Waals surface area (Å²) in [4.78, 5) is 10.0. The van der Waals surface area contributed by atoms with E-state index in [9.17, 15) is 4.79 Å². The third-order valence-electron chi connectivity index (χ3n) is 0.893. The van der Waals surface area contributed by atoms with Crippen molar-refractivity contribution in [2.24, 2.45) is 5.73 Å². The van der Waals surface area contributed by atoms with Gasteiger partial charge in [-0.15, -0.1) is 11.3 Å². The van der Waals surface area contributed by atoms with Crippen LogP contribution in [0.5, 0.6) is 0 Å². The van der Waals surface area contributed by atoms with E-state index in [4.69, 9.17) is 5.73 Å². The van der Waals surface area contributed by atoms with E-state index in [-0.39, 0.29) is 0 Å². The summed E-state index contributed by atoms with van der Waals surface area (Å²) in [5, 5.41) is 2.03. The summed E-state index contributed by atoms with van der Waals surface area (Å²) < 4.78 is 5.77. The second-order valence-corrected chi connectivity index (χ2v) is 5.78. The molecule has 5 heteroatoms. The number of ether oxygens (including phenoxy) is 1. The Hall–Kier alpha value is -0.550. The average Bonchev–Trinajstić information content (AvgIpc) is 2.34. The van der Waals surface area contributed by atoms with E-state index in [1.165, 1.54) is 3.79 Å². The minimum atomic E-state index is -0.725. The molecule has 0 unspecified atom stereocenters. The number of hydrogen-bond donors (Lipinski definition) is 1. The zero-order chi connectivity index (χ0) is 11.2. The molecule has 0 atom stereocenters. The van der Waals surface area contributed by atoms with Crippen LogP contribution in [0.25, 0.3) is 0 Å². The lowest BCUT2D eigenvalue weighted by atomic mass is 10.2. The number of rotatable bonds is 0. The van der Waals surface area contributed by atoms with E-state index in [2.05, 4.69) is 20.7 Å². The Kier molecular flexibility index (Phi) is 5.79. The second kappa shape index (κ2) is 6.03. The van der Waals surface area contributed by atoms with Gasteiger partial charge in [-0.05, 0) is 48.1 Å². The predicted octanol–water partition coefficient (Wildman–Crippen LogP) is 3.39. The zero-order valence-corrected chi connectivity index (χ0v) is 10.8. The molecule has 0 saturated heterocycles. The van der Waals surface area contributed by atoms with Crippen LogP contribution < -0.4 is 5.73 Å². The first kappa shape index (κ1) is 13.4. The monoisotopic (exact) mass is 279 g/mol. The van der Waals surface area contributed by atoms with Gasteiger partial charge in [0.1, 0.15) is 5.60 Å². The molecule has 14 heavy (non-hydrogen) atoms. The summed E-state index contributed by atoms with van der Waals surface area (Å²) in [6.07, 6.45) is -0.725. The molecule has 0 radical (unpaired) electrons. The van der Waals surface area contributed by atoms with Crippen molar-refractivity contribution < 1.29 is 9.53 Å². The molecule has 0 aliphatic carbocycles. The average molecular weight is 280 g/mol. The van der Waals surface area contributed by atoms with Crippen LogP contribution in [0, 0.1) is 0 Å². The molecule has 0 fully saturated rings. The number of halogens is 1. The fraction of sp³-hybridized carbons (Fsp3) is 0.444. The summed E-state index contributed by atoms with van der Waals surface area (Å²) in [5.74, 6) is 0. The first-order valence-electron chi connectivity index (χ1n) is 3.99. The van der Waals surface area contributed by atoms with E-state index in [1.807, 2.05) is 17.5 Å². The van der Waals surface area contributed by atoms with Crippen molar-refractivity contribution >= 4 is 33.4 Å². The Balaban J connectivity index is 0.000000249. The van der Waals surface area contributed by atoms with Crippen molar-refractivity contribution in [2.45, 2.75) is 26.4 Å². The molecule has 1 rings (SSSR count). The number of thiophene rings is 1. The zero-order valence-electron chi connectivity index (χ0n) is 8.41. The van der Waals surface area contributed by atoms with Crippen LogP contribution in [-0.2, 0) is 4.74 Å². The topological polar surface area (TPSA) is 52.3 Å². The Morgan fingerprint density at radius 3 is 2.21 bits per heavy atom. The van der Waals surface area contributed by atoms with Gasteiger partial charge in [-0.3, -0.25) is 0 Å². The van der Waals surface area contributed by atoms with Gasteiger partial charge in [-0.25, -0.2) is 4.79 Å². The normalized spacial score (nSPS) is 10.0. The van der Waals surface area contributed by atoms with E-state index in [0.717, 1.165) is 0 Å². The molecule has 1 aromatic heterocycles. The molecule has 1 aromatic rings. The van der Waals surface area contributed by atoms with Crippen molar-refractivity contribution in [1.82, 2.24) is 0 Å². The minimum absolute atomic E-state index is 0.453.